The van der Waals surface area contributed by atoms with E-state index in [2.05, 4.69) is 12.1 Å². The summed E-state index contributed by atoms with van der Waals surface area (Å²) in [5, 5.41) is 12.3. The largest absolute Gasteiger partial charge is 0.393 e. The molecule has 102 valence electrons. The van der Waals surface area contributed by atoms with Crippen molar-refractivity contribution in [3.63, 3.8) is 0 Å². The Balaban J connectivity index is 3.34. The van der Waals surface area contributed by atoms with E-state index in [1.54, 1.807) is 6.92 Å². The van der Waals surface area contributed by atoms with Gasteiger partial charge in [-0.05, 0) is 26.2 Å². The van der Waals surface area contributed by atoms with Crippen LogP contribution in [0, 0.1) is 4.91 Å². The van der Waals surface area contributed by atoms with E-state index >= 15 is 0 Å². The zero-order chi connectivity index (χ0) is 12.9. The van der Waals surface area contributed by atoms with Crippen molar-refractivity contribution in [3.8, 4) is 0 Å². The highest BCUT2D eigenvalue weighted by Crippen LogP contribution is 2.14. The minimum absolute atomic E-state index is 0.0831. The molecule has 0 aliphatic rings. The Kier molecular flexibility index (Phi) is 11.7. The van der Waals surface area contributed by atoms with E-state index < -0.39 is 0 Å². The van der Waals surface area contributed by atoms with Gasteiger partial charge in [0.1, 0.15) is 0 Å². The summed E-state index contributed by atoms with van der Waals surface area (Å²) >= 11 is 0. The van der Waals surface area contributed by atoms with Crippen LogP contribution in [0.3, 0.4) is 0 Å². The maximum absolute atomic E-state index is 10.6. The molecule has 0 saturated heterocycles. The fraction of sp³-hybridized carbons (Fsp3) is 1.00. The number of rotatable bonds is 12. The fourth-order valence-electron chi connectivity index (χ4n) is 2.02. The van der Waals surface area contributed by atoms with E-state index in [-0.39, 0.29) is 12.1 Å². The zero-order valence-electron chi connectivity index (χ0n) is 11.5. The van der Waals surface area contributed by atoms with E-state index in [1.165, 1.54) is 38.5 Å². The molecule has 1 N–H and O–H groups in total. The van der Waals surface area contributed by atoms with Gasteiger partial charge in [0.2, 0.25) is 0 Å². The molecule has 3 nitrogen and oxygen atoms in total. The summed E-state index contributed by atoms with van der Waals surface area (Å²) in [5.74, 6) is 0. The van der Waals surface area contributed by atoms with E-state index in [9.17, 15) is 4.91 Å². The van der Waals surface area contributed by atoms with Crippen LogP contribution in [-0.4, -0.2) is 17.3 Å². The number of unbranched alkanes of at least 4 members (excludes halogenated alkanes) is 6. The highest BCUT2D eigenvalue weighted by molar-refractivity contribution is 4.67. The molecule has 0 fully saturated rings. The molecule has 0 aliphatic carbocycles. The Labute approximate surface area is 106 Å². The lowest BCUT2D eigenvalue weighted by molar-refractivity contribution is 0.177. The molecule has 0 rings (SSSR count). The van der Waals surface area contributed by atoms with Crippen molar-refractivity contribution in [2.75, 3.05) is 0 Å². The first-order chi connectivity index (χ1) is 8.20. The average molecular weight is 243 g/mol. The lowest BCUT2D eigenvalue weighted by Crippen LogP contribution is -2.08. The van der Waals surface area contributed by atoms with Gasteiger partial charge in [-0.3, -0.25) is 0 Å². The SMILES string of the molecule is CCCCCCCCCC(CCC(C)O)N=O. The second kappa shape index (κ2) is 12.0. The van der Waals surface area contributed by atoms with Crippen LogP contribution in [-0.2, 0) is 0 Å². The van der Waals surface area contributed by atoms with Gasteiger partial charge in [-0.1, -0.05) is 57.0 Å². The van der Waals surface area contributed by atoms with Gasteiger partial charge < -0.3 is 5.11 Å². The zero-order valence-corrected chi connectivity index (χ0v) is 11.5. The van der Waals surface area contributed by atoms with Crippen molar-refractivity contribution in [2.24, 2.45) is 5.18 Å². The standard InChI is InChI=1S/C14H29NO2/c1-3-4-5-6-7-8-9-10-14(15-17)12-11-13(2)16/h13-14,16H,3-12H2,1-2H3. The summed E-state index contributed by atoms with van der Waals surface area (Å²) in [5.41, 5.74) is 0. The predicted molar refractivity (Wildman–Crippen MR) is 73.1 cm³/mol. The third-order valence-corrected chi connectivity index (χ3v) is 3.21. The molecule has 0 radical (unpaired) electrons. The quantitative estimate of drug-likeness (QED) is 0.407. The first-order valence-electron chi connectivity index (χ1n) is 7.21. The molecule has 2 atom stereocenters. The summed E-state index contributed by atoms with van der Waals surface area (Å²) in [6.07, 6.45) is 10.9. The summed E-state index contributed by atoms with van der Waals surface area (Å²) in [6.45, 7) is 3.98. The summed E-state index contributed by atoms with van der Waals surface area (Å²) in [6, 6.07) is -0.0831. The lowest BCUT2D eigenvalue weighted by atomic mass is 10.0. The molecule has 0 aliphatic heterocycles. The van der Waals surface area contributed by atoms with Gasteiger partial charge >= 0.3 is 0 Å². The van der Waals surface area contributed by atoms with Crippen molar-refractivity contribution in [1.82, 2.24) is 0 Å². The Bertz CT molecular complexity index is 172. The average Bonchev–Trinajstić information content (AvgIpc) is 2.31. The molecule has 17 heavy (non-hydrogen) atoms. The van der Waals surface area contributed by atoms with Crippen molar-refractivity contribution in [2.45, 2.75) is 90.2 Å². The van der Waals surface area contributed by atoms with Crippen LogP contribution >= 0.6 is 0 Å². The summed E-state index contributed by atoms with van der Waals surface area (Å²) in [7, 11) is 0. The lowest BCUT2D eigenvalue weighted by Gasteiger charge is -2.10. The summed E-state index contributed by atoms with van der Waals surface area (Å²) < 4.78 is 0. The minimum Gasteiger partial charge on any atom is -0.393 e. The molecular formula is C14H29NO2. The monoisotopic (exact) mass is 243 g/mol. The maximum Gasteiger partial charge on any atom is 0.0920 e. The third kappa shape index (κ3) is 11.8. The van der Waals surface area contributed by atoms with Gasteiger partial charge in [-0.25, -0.2) is 0 Å². The molecule has 3 heteroatoms. The minimum atomic E-state index is -0.312. The predicted octanol–water partition coefficient (Wildman–Crippen LogP) is 4.42. The van der Waals surface area contributed by atoms with Crippen molar-refractivity contribution in [1.29, 1.82) is 0 Å². The summed E-state index contributed by atoms with van der Waals surface area (Å²) in [4.78, 5) is 10.6. The van der Waals surface area contributed by atoms with Crippen LogP contribution < -0.4 is 0 Å². The number of aliphatic hydroxyl groups excluding tert-OH is 1. The Morgan fingerprint density at radius 3 is 2.06 bits per heavy atom. The highest BCUT2D eigenvalue weighted by Gasteiger charge is 2.09. The molecule has 0 aromatic carbocycles. The molecule has 0 saturated carbocycles. The Morgan fingerprint density at radius 2 is 1.53 bits per heavy atom. The van der Waals surface area contributed by atoms with E-state index in [1.807, 2.05) is 0 Å². The second-order valence-electron chi connectivity index (χ2n) is 5.10. The van der Waals surface area contributed by atoms with Crippen LogP contribution in [0.15, 0.2) is 5.18 Å². The van der Waals surface area contributed by atoms with Crippen molar-refractivity contribution < 1.29 is 5.11 Å². The van der Waals surface area contributed by atoms with Crippen LogP contribution in [0.4, 0.5) is 0 Å². The Hall–Kier alpha value is -0.440. The van der Waals surface area contributed by atoms with Crippen molar-refractivity contribution in [3.05, 3.63) is 4.91 Å². The first kappa shape index (κ1) is 16.6. The number of hydrogen-bond acceptors (Lipinski definition) is 3. The van der Waals surface area contributed by atoms with E-state index in [0.29, 0.717) is 6.42 Å². The first-order valence-corrected chi connectivity index (χ1v) is 7.21. The molecule has 0 heterocycles. The Morgan fingerprint density at radius 1 is 0.941 bits per heavy atom. The van der Waals surface area contributed by atoms with Crippen LogP contribution in [0.25, 0.3) is 0 Å². The van der Waals surface area contributed by atoms with Gasteiger partial charge in [0.05, 0.1) is 12.1 Å². The normalized spacial score (nSPS) is 14.5. The highest BCUT2D eigenvalue weighted by atomic mass is 16.3. The third-order valence-electron chi connectivity index (χ3n) is 3.21. The molecule has 0 amide bonds. The molecule has 2 unspecified atom stereocenters. The van der Waals surface area contributed by atoms with Crippen LogP contribution in [0.2, 0.25) is 0 Å². The van der Waals surface area contributed by atoms with Gasteiger partial charge in [-0.15, -0.1) is 0 Å². The van der Waals surface area contributed by atoms with Crippen LogP contribution in [0.1, 0.15) is 78.1 Å². The topological polar surface area (TPSA) is 49.7 Å². The van der Waals surface area contributed by atoms with Gasteiger partial charge in [0.15, 0.2) is 0 Å². The van der Waals surface area contributed by atoms with Gasteiger partial charge in [-0.2, -0.15) is 4.91 Å². The molecule has 0 bridgehead atoms. The molecule has 0 aromatic rings. The van der Waals surface area contributed by atoms with Crippen LogP contribution in [0.5, 0.6) is 0 Å². The molecule has 0 aromatic heterocycles. The van der Waals surface area contributed by atoms with Gasteiger partial charge in [0, 0.05) is 0 Å². The van der Waals surface area contributed by atoms with Crippen molar-refractivity contribution >= 4 is 0 Å². The van der Waals surface area contributed by atoms with Gasteiger partial charge in [0.25, 0.3) is 0 Å². The second-order valence-corrected chi connectivity index (χ2v) is 5.10. The smallest absolute Gasteiger partial charge is 0.0920 e. The molecular weight excluding hydrogens is 214 g/mol. The number of nitrogens with zero attached hydrogens (tertiary/aromatic N) is 1. The molecule has 0 spiro atoms. The van der Waals surface area contributed by atoms with E-state index in [4.69, 9.17) is 5.11 Å². The number of hydrogen-bond donors (Lipinski definition) is 1. The number of nitroso groups, excluding NO2 is 1. The maximum atomic E-state index is 10.6. The fourth-order valence-corrected chi connectivity index (χ4v) is 2.02. The number of aliphatic hydroxyl groups is 1. The van der Waals surface area contributed by atoms with E-state index in [0.717, 1.165) is 19.3 Å².